The number of carbonyl (C=O) groups excluding carboxylic acids is 1. The van der Waals surface area contributed by atoms with Crippen molar-refractivity contribution in [1.29, 1.82) is 0 Å². The van der Waals surface area contributed by atoms with E-state index in [1.54, 1.807) is 0 Å². The fourth-order valence-electron chi connectivity index (χ4n) is 4.29. The second-order valence-electron chi connectivity index (χ2n) is 8.19. The minimum absolute atomic E-state index is 0.225. The van der Waals surface area contributed by atoms with Crippen LogP contribution in [-0.2, 0) is 0 Å². The number of hydrogen-bond donors (Lipinski definition) is 0. The average molecular weight is 336 g/mol. The van der Waals surface area contributed by atoms with Crippen LogP contribution in [0.3, 0.4) is 0 Å². The fourth-order valence-corrected chi connectivity index (χ4v) is 4.29. The van der Waals surface area contributed by atoms with E-state index in [2.05, 4.69) is 35.9 Å². The molecule has 1 aromatic carbocycles. The molecule has 0 radical (unpaired) electrons. The molecule has 0 saturated heterocycles. The highest BCUT2D eigenvalue weighted by molar-refractivity contribution is 6.06. The van der Waals surface area contributed by atoms with Crippen molar-refractivity contribution in [2.24, 2.45) is 5.92 Å². The van der Waals surface area contributed by atoms with Gasteiger partial charge in [0.15, 0.2) is 0 Å². The van der Waals surface area contributed by atoms with Crippen LogP contribution in [0.5, 0.6) is 0 Å². The predicted molar refractivity (Wildman–Crippen MR) is 102 cm³/mol. The van der Waals surface area contributed by atoms with Crippen LogP contribution >= 0.6 is 0 Å². The number of carbonyl (C=O) groups is 1. The highest BCUT2D eigenvalue weighted by Crippen LogP contribution is 2.37. The molecule has 0 aliphatic heterocycles. The number of aryl methyl sites for hydroxylation is 2. The van der Waals surface area contributed by atoms with Gasteiger partial charge in [-0.25, -0.2) is 0 Å². The molecule has 1 amide bonds. The van der Waals surface area contributed by atoms with E-state index in [1.807, 2.05) is 19.1 Å². The molecule has 0 atom stereocenters. The molecule has 3 heteroatoms. The molecule has 2 fully saturated rings. The van der Waals surface area contributed by atoms with Crippen molar-refractivity contribution in [3.05, 3.63) is 41.1 Å². The summed E-state index contributed by atoms with van der Waals surface area (Å²) in [5, 5.41) is 1.01. The van der Waals surface area contributed by atoms with Crippen molar-refractivity contribution in [1.82, 2.24) is 9.88 Å². The van der Waals surface area contributed by atoms with Gasteiger partial charge >= 0.3 is 0 Å². The molecule has 2 aliphatic rings. The van der Waals surface area contributed by atoms with Gasteiger partial charge in [-0.2, -0.15) is 0 Å². The first kappa shape index (κ1) is 16.6. The predicted octanol–water partition coefficient (Wildman–Crippen LogP) is 5.03. The van der Waals surface area contributed by atoms with Crippen molar-refractivity contribution in [2.75, 3.05) is 0 Å². The number of aromatic nitrogens is 1. The van der Waals surface area contributed by atoms with Gasteiger partial charge in [-0.3, -0.25) is 9.78 Å². The first-order chi connectivity index (χ1) is 12.0. The second kappa shape index (κ2) is 6.44. The maximum absolute atomic E-state index is 13.6. The summed E-state index contributed by atoms with van der Waals surface area (Å²) in [6.45, 7) is 6.40. The SMILES string of the molecule is Cc1ccc2nc(C)cc(C(=O)N(C3CCC(C)CC3)C3CC3)c2c1. The van der Waals surface area contributed by atoms with Crippen LogP contribution in [0.4, 0.5) is 0 Å². The van der Waals surface area contributed by atoms with Crippen molar-refractivity contribution in [3.8, 4) is 0 Å². The molecule has 1 aromatic heterocycles. The minimum Gasteiger partial charge on any atom is -0.333 e. The van der Waals surface area contributed by atoms with Crippen molar-refractivity contribution in [3.63, 3.8) is 0 Å². The minimum atomic E-state index is 0.225. The number of pyridine rings is 1. The van der Waals surface area contributed by atoms with Gasteiger partial charge in [-0.1, -0.05) is 18.6 Å². The lowest BCUT2D eigenvalue weighted by atomic mass is 9.86. The molecule has 1 heterocycles. The first-order valence-corrected chi connectivity index (χ1v) is 9.73. The van der Waals surface area contributed by atoms with E-state index in [0.717, 1.165) is 40.9 Å². The summed E-state index contributed by atoms with van der Waals surface area (Å²) in [5.41, 5.74) is 3.88. The fraction of sp³-hybridized carbons (Fsp3) is 0.545. The van der Waals surface area contributed by atoms with Crippen LogP contribution in [0.15, 0.2) is 24.3 Å². The smallest absolute Gasteiger partial charge is 0.255 e. The zero-order valence-electron chi connectivity index (χ0n) is 15.6. The zero-order chi connectivity index (χ0) is 17.6. The van der Waals surface area contributed by atoms with Crippen LogP contribution in [0.2, 0.25) is 0 Å². The number of nitrogens with zero attached hydrogens (tertiary/aromatic N) is 2. The first-order valence-electron chi connectivity index (χ1n) is 9.73. The zero-order valence-corrected chi connectivity index (χ0v) is 15.6. The molecule has 25 heavy (non-hydrogen) atoms. The summed E-state index contributed by atoms with van der Waals surface area (Å²) in [6.07, 6.45) is 7.14. The number of rotatable bonds is 3. The van der Waals surface area contributed by atoms with Crippen LogP contribution in [0.25, 0.3) is 10.9 Å². The second-order valence-corrected chi connectivity index (χ2v) is 8.19. The van der Waals surface area contributed by atoms with E-state index in [0.29, 0.717) is 12.1 Å². The maximum Gasteiger partial charge on any atom is 0.255 e. The molecule has 0 unspecified atom stereocenters. The maximum atomic E-state index is 13.6. The van der Waals surface area contributed by atoms with Crippen molar-refractivity contribution < 1.29 is 4.79 Å². The molecule has 0 bridgehead atoms. The van der Waals surface area contributed by atoms with Crippen LogP contribution in [-0.4, -0.2) is 27.9 Å². The van der Waals surface area contributed by atoms with Gasteiger partial charge in [0.05, 0.1) is 11.1 Å². The Morgan fingerprint density at radius 2 is 1.64 bits per heavy atom. The Kier molecular flexibility index (Phi) is 4.26. The molecule has 3 nitrogen and oxygen atoms in total. The van der Waals surface area contributed by atoms with E-state index < -0.39 is 0 Å². The summed E-state index contributed by atoms with van der Waals surface area (Å²) in [4.78, 5) is 20.5. The lowest BCUT2D eigenvalue weighted by molar-refractivity contribution is 0.0595. The van der Waals surface area contributed by atoms with Crippen LogP contribution in [0, 0.1) is 19.8 Å². The van der Waals surface area contributed by atoms with Gasteiger partial charge in [-0.15, -0.1) is 0 Å². The molecule has 2 saturated carbocycles. The highest BCUT2D eigenvalue weighted by Gasteiger charge is 2.39. The molecular formula is C22H28N2O. The Balaban J connectivity index is 1.73. The standard InChI is InChI=1S/C22H28N2O/c1-14-4-7-17(8-5-14)24(18-9-10-18)22(25)20-13-16(3)23-21-11-6-15(2)12-19(20)21/h6,11-14,17-18H,4-5,7-10H2,1-3H3. The van der Waals surface area contributed by atoms with Gasteiger partial charge in [0.25, 0.3) is 5.91 Å². The summed E-state index contributed by atoms with van der Waals surface area (Å²) < 4.78 is 0. The van der Waals surface area contributed by atoms with Gasteiger partial charge in [0.1, 0.15) is 0 Å². The van der Waals surface area contributed by atoms with Gasteiger partial charge in [-0.05, 0) is 76.5 Å². The van der Waals surface area contributed by atoms with Crippen LogP contribution in [0.1, 0.15) is 67.1 Å². The van der Waals surface area contributed by atoms with Crippen molar-refractivity contribution in [2.45, 2.75) is 71.4 Å². The van der Waals surface area contributed by atoms with E-state index in [-0.39, 0.29) is 5.91 Å². The molecule has 132 valence electrons. The Labute approximate surface area is 150 Å². The molecule has 0 spiro atoms. The number of benzene rings is 1. The van der Waals surface area contributed by atoms with Gasteiger partial charge in [0, 0.05) is 23.2 Å². The lowest BCUT2D eigenvalue weighted by Gasteiger charge is -2.36. The summed E-state index contributed by atoms with van der Waals surface area (Å²) in [6, 6.07) is 9.10. The number of amides is 1. The van der Waals surface area contributed by atoms with Crippen LogP contribution < -0.4 is 0 Å². The quantitative estimate of drug-likeness (QED) is 0.787. The Morgan fingerprint density at radius 1 is 1.00 bits per heavy atom. The monoisotopic (exact) mass is 336 g/mol. The van der Waals surface area contributed by atoms with Gasteiger partial charge in [0.2, 0.25) is 0 Å². The largest absolute Gasteiger partial charge is 0.333 e. The van der Waals surface area contributed by atoms with E-state index in [9.17, 15) is 4.79 Å². The summed E-state index contributed by atoms with van der Waals surface area (Å²) in [7, 11) is 0. The Bertz CT molecular complexity index is 801. The lowest BCUT2D eigenvalue weighted by Crippen LogP contribution is -2.43. The summed E-state index contributed by atoms with van der Waals surface area (Å²) >= 11 is 0. The highest BCUT2D eigenvalue weighted by atomic mass is 16.2. The molecule has 2 aromatic rings. The van der Waals surface area contributed by atoms with Crippen molar-refractivity contribution >= 4 is 16.8 Å². The average Bonchev–Trinajstić information content (AvgIpc) is 3.41. The molecular weight excluding hydrogens is 308 g/mol. The molecule has 0 N–H and O–H groups in total. The Hall–Kier alpha value is -1.90. The third-order valence-corrected chi connectivity index (χ3v) is 5.88. The number of hydrogen-bond acceptors (Lipinski definition) is 2. The third kappa shape index (κ3) is 3.29. The van der Waals surface area contributed by atoms with E-state index in [1.165, 1.54) is 31.2 Å². The topological polar surface area (TPSA) is 33.2 Å². The van der Waals surface area contributed by atoms with Gasteiger partial charge < -0.3 is 4.90 Å². The molecule has 4 rings (SSSR count). The molecule has 2 aliphatic carbocycles. The van der Waals surface area contributed by atoms with E-state index >= 15 is 0 Å². The number of fused-ring (bicyclic) bond motifs is 1. The van der Waals surface area contributed by atoms with E-state index in [4.69, 9.17) is 0 Å². The normalized spacial score (nSPS) is 23.6. The summed E-state index contributed by atoms with van der Waals surface area (Å²) in [5.74, 6) is 1.03. The Morgan fingerprint density at radius 3 is 2.28 bits per heavy atom. The third-order valence-electron chi connectivity index (χ3n) is 5.88.